The number of rotatable bonds is 3. The van der Waals surface area contributed by atoms with Crippen LogP contribution in [-0.2, 0) is 35.6 Å². The van der Waals surface area contributed by atoms with Crippen molar-refractivity contribution < 1.29 is 38.2 Å². The minimum atomic E-state index is -1.04. The van der Waals surface area contributed by atoms with E-state index >= 15 is 0 Å². The van der Waals surface area contributed by atoms with Crippen LogP contribution in [0.2, 0.25) is 0 Å². The third kappa shape index (κ3) is 3.30. The molecule has 5 fully saturated rings. The molecular weight excluding hydrogens is 586 g/mol. The Kier molecular flexibility index (Phi) is 5.83. The Bertz CT molecular complexity index is 1990. The molecule has 9 heteroatoms. The molecule has 9 rings (SSSR count). The van der Waals surface area contributed by atoms with Crippen molar-refractivity contribution in [3.8, 4) is 0 Å². The van der Waals surface area contributed by atoms with Gasteiger partial charge in [-0.2, -0.15) is 0 Å². The highest BCUT2D eigenvalue weighted by molar-refractivity contribution is 6.28. The summed E-state index contributed by atoms with van der Waals surface area (Å²) in [7, 11) is 1.94. The van der Waals surface area contributed by atoms with Gasteiger partial charge >= 0.3 is 5.97 Å². The van der Waals surface area contributed by atoms with Gasteiger partial charge in [0.15, 0.2) is 40.4 Å². The normalized spacial score (nSPS) is 35.6. The number of ether oxygens (including phenoxy) is 3. The molecule has 0 radical (unpaired) electrons. The molecule has 6 unspecified atom stereocenters. The lowest BCUT2D eigenvalue weighted by molar-refractivity contribution is -0.163. The molecule has 9 nitrogen and oxygen atoms in total. The summed E-state index contributed by atoms with van der Waals surface area (Å²) in [6.07, 6.45) is 3.39. The van der Waals surface area contributed by atoms with E-state index < -0.39 is 28.8 Å². The van der Waals surface area contributed by atoms with Gasteiger partial charge in [0.2, 0.25) is 0 Å². The van der Waals surface area contributed by atoms with Gasteiger partial charge in [0.25, 0.3) is 0 Å². The number of nitrogens with zero attached hydrogens (tertiary/aromatic N) is 1. The number of Topliss-reactive ketones (excluding diaryl/α,β-unsaturated/α-hetero) is 2. The zero-order valence-electron chi connectivity index (χ0n) is 26.9. The number of hydrogen-bond donors (Lipinski definition) is 0. The summed E-state index contributed by atoms with van der Waals surface area (Å²) < 4.78 is 19.4. The lowest BCUT2D eigenvalue weighted by Gasteiger charge is -2.40. The fourth-order valence-corrected chi connectivity index (χ4v) is 9.73. The SMILES string of the molecule is CCCC(=O)OC1C2C(CC1(C)C)C(=O)C13OC1C(=O)[C@]1(CO1)C23C.Cc1cccc2c1c1ccc3c(c1n2C)C(=O)C=CC3=O. The van der Waals surface area contributed by atoms with Crippen molar-refractivity contribution in [2.24, 2.45) is 29.7 Å². The molecule has 0 amide bonds. The number of esters is 1. The molecule has 46 heavy (non-hydrogen) atoms. The highest BCUT2D eigenvalue weighted by Gasteiger charge is 2.98. The Morgan fingerprint density at radius 1 is 1.02 bits per heavy atom. The molecule has 6 aliphatic rings. The van der Waals surface area contributed by atoms with Gasteiger partial charge in [-0.25, -0.2) is 0 Å². The number of carbonyl (C=O) groups excluding carboxylic acids is 5. The van der Waals surface area contributed by atoms with Gasteiger partial charge in [-0.3, -0.25) is 24.0 Å². The molecule has 2 spiro atoms. The number of fused-ring (bicyclic) bond motifs is 8. The van der Waals surface area contributed by atoms with Crippen molar-refractivity contribution >= 4 is 50.9 Å². The van der Waals surface area contributed by atoms with E-state index in [-0.39, 0.29) is 46.4 Å². The van der Waals surface area contributed by atoms with Gasteiger partial charge < -0.3 is 18.8 Å². The molecule has 3 aromatic rings. The van der Waals surface area contributed by atoms with Crippen LogP contribution in [0.3, 0.4) is 0 Å². The molecule has 2 aliphatic heterocycles. The predicted octanol–water partition coefficient (Wildman–Crippen LogP) is 5.01. The summed E-state index contributed by atoms with van der Waals surface area (Å²) in [6, 6.07) is 9.84. The van der Waals surface area contributed by atoms with Crippen LogP contribution >= 0.6 is 0 Å². The van der Waals surface area contributed by atoms with Gasteiger partial charge in [-0.1, -0.05) is 45.9 Å². The molecule has 3 saturated carbocycles. The Morgan fingerprint density at radius 2 is 1.74 bits per heavy atom. The number of benzene rings is 2. The second kappa shape index (κ2) is 9.10. The van der Waals surface area contributed by atoms with Gasteiger partial charge in [-0.05, 0) is 49.6 Å². The van der Waals surface area contributed by atoms with E-state index in [9.17, 15) is 24.0 Å². The van der Waals surface area contributed by atoms with E-state index in [2.05, 4.69) is 13.0 Å². The zero-order chi connectivity index (χ0) is 32.7. The summed E-state index contributed by atoms with van der Waals surface area (Å²) in [5.74, 6) is -0.972. The van der Waals surface area contributed by atoms with E-state index in [1.54, 1.807) is 6.07 Å². The lowest BCUT2D eigenvalue weighted by Crippen LogP contribution is -2.53. The smallest absolute Gasteiger partial charge is 0.306 e. The van der Waals surface area contributed by atoms with E-state index in [1.807, 2.05) is 57.5 Å². The predicted molar refractivity (Wildman–Crippen MR) is 168 cm³/mol. The topological polar surface area (TPSA) is 125 Å². The minimum Gasteiger partial charge on any atom is -0.461 e. The van der Waals surface area contributed by atoms with Crippen molar-refractivity contribution in [1.82, 2.24) is 4.57 Å². The number of aromatic nitrogens is 1. The summed E-state index contributed by atoms with van der Waals surface area (Å²) in [6.45, 7) is 10.4. The summed E-state index contributed by atoms with van der Waals surface area (Å²) >= 11 is 0. The fraction of sp³-hybridized carbons (Fsp3) is 0.486. The minimum absolute atomic E-state index is 0.0211. The maximum atomic E-state index is 13.3. The average Bonchev–Trinajstić information content (AvgIpc) is 3.91. The first-order valence-electron chi connectivity index (χ1n) is 16.1. The molecule has 4 aliphatic carbocycles. The number of allylic oxidation sites excluding steroid dienone is 2. The molecular formula is C37H37NO8. The van der Waals surface area contributed by atoms with Crippen molar-refractivity contribution in [3.63, 3.8) is 0 Å². The maximum absolute atomic E-state index is 13.3. The number of hydrogen-bond acceptors (Lipinski definition) is 8. The van der Waals surface area contributed by atoms with Crippen LogP contribution in [0.15, 0.2) is 42.5 Å². The van der Waals surface area contributed by atoms with Crippen molar-refractivity contribution in [2.75, 3.05) is 6.61 Å². The quantitative estimate of drug-likeness (QED) is 0.295. The van der Waals surface area contributed by atoms with Crippen molar-refractivity contribution in [3.05, 3.63) is 59.2 Å². The largest absolute Gasteiger partial charge is 0.461 e. The van der Waals surface area contributed by atoms with E-state index in [0.717, 1.165) is 28.2 Å². The molecule has 1 aromatic heterocycles. The van der Waals surface area contributed by atoms with Crippen LogP contribution in [0.1, 0.15) is 73.2 Å². The molecule has 3 heterocycles. The Morgan fingerprint density at radius 3 is 2.43 bits per heavy atom. The van der Waals surface area contributed by atoms with Crippen molar-refractivity contribution in [1.29, 1.82) is 0 Å². The second-order valence-corrected chi connectivity index (χ2v) is 14.7. The van der Waals surface area contributed by atoms with Crippen LogP contribution < -0.4 is 0 Å². The fourth-order valence-electron chi connectivity index (χ4n) is 9.73. The first-order valence-corrected chi connectivity index (χ1v) is 16.1. The molecule has 2 aromatic carbocycles. The Labute approximate surface area is 266 Å². The number of ketones is 4. The molecule has 238 valence electrons. The van der Waals surface area contributed by atoms with Gasteiger partial charge in [0.1, 0.15) is 6.10 Å². The van der Waals surface area contributed by atoms with Gasteiger partial charge in [0.05, 0.1) is 23.1 Å². The van der Waals surface area contributed by atoms with Gasteiger partial charge in [0, 0.05) is 52.6 Å². The number of aryl methyl sites for hydroxylation is 2. The highest BCUT2D eigenvalue weighted by atomic mass is 16.7. The molecule has 0 N–H and O–H groups in total. The number of carbonyl (C=O) groups is 5. The third-order valence-corrected chi connectivity index (χ3v) is 11.9. The Hall–Kier alpha value is -3.95. The monoisotopic (exact) mass is 623 g/mol. The first kappa shape index (κ1) is 29.5. The van der Waals surface area contributed by atoms with E-state index in [0.29, 0.717) is 30.6 Å². The van der Waals surface area contributed by atoms with Crippen LogP contribution in [0, 0.1) is 29.6 Å². The first-order chi connectivity index (χ1) is 21.8. The zero-order valence-corrected chi connectivity index (χ0v) is 26.9. The lowest BCUT2D eigenvalue weighted by atomic mass is 9.65. The van der Waals surface area contributed by atoms with Crippen LogP contribution in [0.4, 0.5) is 0 Å². The summed E-state index contributed by atoms with van der Waals surface area (Å²) in [5.41, 5.74) is 1.11. The third-order valence-electron chi connectivity index (χ3n) is 11.9. The molecule has 7 atom stereocenters. The second-order valence-electron chi connectivity index (χ2n) is 14.7. The maximum Gasteiger partial charge on any atom is 0.306 e. The van der Waals surface area contributed by atoms with Crippen LogP contribution in [0.25, 0.3) is 21.8 Å². The number of epoxide rings is 2. The summed E-state index contributed by atoms with van der Waals surface area (Å²) in [5, 5.41) is 2.17. The standard InChI is InChI=1S/C19H24O6.C18H13NO2/c1-5-6-10(20)24-14-11-9(7-16(14,2)3)12(21)19-15(25-19)13(22)18(8-23-18)17(11,19)4;1-10-4-3-5-13-16(10)12-7-6-11-14(20)8-9-15(21)17(11)18(12)19(13)2/h9,11,14-15H,5-8H2,1-4H3;3-9H,1-2H3/t9?,11?,14?,15?,17?,18-,19?;/m1./s1. The molecule has 0 bridgehead atoms. The van der Waals surface area contributed by atoms with E-state index in [4.69, 9.17) is 14.2 Å². The van der Waals surface area contributed by atoms with Crippen LogP contribution in [-0.4, -0.2) is 63.7 Å². The molecule has 2 saturated heterocycles. The van der Waals surface area contributed by atoms with Crippen LogP contribution in [0.5, 0.6) is 0 Å². The average molecular weight is 624 g/mol. The van der Waals surface area contributed by atoms with Crippen molar-refractivity contribution in [2.45, 2.75) is 77.3 Å². The summed E-state index contributed by atoms with van der Waals surface area (Å²) in [4.78, 5) is 62.6. The van der Waals surface area contributed by atoms with E-state index in [1.165, 1.54) is 17.7 Å². The highest BCUT2D eigenvalue weighted by Crippen LogP contribution is 2.79. The Balaban J connectivity index is 0.000000138. The van der Waals surface area contributed by atoms with Gasteiger partial charge in [-0.15, -0.1) is 0 Å².